The summed E-state index contributed by atoms with van der Waals surface area (Å²) < 4.78 is 0. The third-order valence-electron chi connectivity index (χ3n) is 8.75. The summed E-state index contributed by atoms with van der Waals surface area (Å²) in [6.07, 6.45) is 5.29. The predicted molar refractivity (Wildman–Crippen MR) is 140 cm³/mol. The lowest BCUT2D eigenvalue weighted by molar-refractivity contribution is -0.132. The van der Waals surface area contributed by atoms with Gasteiger partial charge in [-0.25, -0.2) is 0 Å². The Kier molecular flexibility index (Phi) is 10.2. The van der Waals surface area contributed by atoms with E-state index in [0.717, 1.165) is 32.1 Å². The van der Waals surface area contributed by atoms with Gasteiger partial charge in [0.2, 0.25) is 0 Å². The van der Waals surface area contributed by atoms with Gasteiger partial charge in [-0.2, -0.15) is 0 Å². The van der Waals surface area contributed by atoms with Crippen LogP contribution in [0.2, 0.25) is 0 Å². The fraction of sp³-hybridized carbons (Fsp3) is 0.889. The van der Waals surface area contributed by atoms with E-state index in [2.05, 4.69) is 65.5 Å². The van der Waals surface area contributed by atoms with Crippen LogP contribution in [0.5, 0.6) is 0 Å². The van der Waals surface area contributed by atoms with E-state index < -0.39 is 11.1 Å². The van der Waals surface area contributed by atoms with Crippen LogP contribution in [-0.2, 0) is 14.4 Å². The van der Waals surface area contributed by atoms with E-state index in [1.54, 1.807) is 6.92 Å². The van der Waals surface area contributed by atoms with E-state index in [4.69, 9.17) is 0 Å². The highest BCUT2D eigenvalue weighted by atomic mass is 16.1. The van der Waals surface area contributed by atoms with Gasteiger partial charge >= 0.3 is 0 Å². The smallest absolute Gasteiger partial charge is 0.286 e. The summed E-state index contributed by atoms with van der Waals surface area (Å²) in [4.78, 5) is 40.5. The lowest BCUT2D eigenvalue weighted by Crippen LogP contribution is -2.66. The predicted octanol–water partition coefficient (Wildman–Crippen LogP) is 4.76. The molecule has 0 aromatic heterocycles. The first-order valence-electron chi connectivity index (χ1n) is 13.0. The summed E-state index contributed by atoms with van der Waals surface area (Å²) in [5.74, 6) is 0.936. The zero-order valence-corrected chi connectivity index (χ0v) is 23.4. The molecule has 0 aromatic carbocycles. The van der Waals surface area contributed by atoms with Crippen molar-refractivity contribution >= 4 is 25.2 Å². The van der Waals surface area contributed by atoms with E-state index in [9.17, 15) is 14.4 Å². The van der Waals surface area contributed by atoms with Crippen LogP contribution in [0.4, 0.5) is 0 Å². The maximum atomic E-state index is 13.8. The number of carbonyl (C=O) groups excluding carboxylic acids is 3. The van der Waals surface area contributed by atoms with Crippen LogP contribution in [0.25, 0.3) is 0 Å². The van der Waals surface area contributed by atoms with Gasteiger partial charge in [-0.1, -0.05) is 41.5 Å². The molecule has 0 amide bonds. The number of nitrogens with one attached hydrogen (secondary N) is 1. The highest BCUT2D eigenvalue weighted by Crippen LogP contribution is 2.44. The van der Waals surface area contributed by atoms with E-state index in [0.29, 0.717) is 24.7 Å². The van der Waals surface area contributed by atoms with Gasteiger partial charge in [0.15, 0.2) is 0 Å². The van der Waals surface area contributed by atoms with Crippen LogP contribution in [-0.4, -0.2) is 53.2 Å². The molecule has 1 saturated heterocycles. The number of ketones is 1. The quantitative estimate of drug-likeness (QED) is 0.395. The van der Waals surface area contributed by atoms with Gasteiger partial charge in [-0.15, -0.1) is 0 Å². The summed E-state index contributed by atoms with van der Waals surface area (Å²) >= 11 is 0. The second-order valence-corrected chi connectivity index (χ2v) is 12.7. The Hall–Kier alpha value is -1.01. The molecule has 5 unspecified atom stereocenters. The second-order valence-electron chi connectivity index (χ2n) is 12.7. The average Bonchev–Trinajstić information content (AvgIpc) is 2.71. The standard InChI is InChI=1S/C27H51BN2O3/c1-12-26(10,21(5)32)29-28-23(33)27(11,13-2)30-16-20(4)14-19(3)15-22(17-31)24(6,7)18-25(30,8)9/h17,19-20,22,28-29H,12-16,18H2,1-11H3. The van der Waals surface area contributed by atoms with E-state index in [1.807, 2.05) is 13.8 Å². The Bertz CT molecular complexity index is 707. The van der Waals surface area contributed by atoms with Crippen LogP contribution >= 0.6 is 0 Å². The Morgan fingerprint density at radius 2 is 1.64 bits per heavy atom. The highest BCUT2D eigenvalue weighted by molar-refractivity contribution is 6.74. The molecule has 0 aromatic rings. The maximum Gasteiger partial charge on any atom is 0.286 e. The van der Waals surface area contributed by atoms with Gasteiger partial charge in [0.25, 0.3) is 7.41 Å². The Labute approximate surface area is 204 Å². The van der Waals surface area contributed by atoms with Crippen molar-refractivity contribution in [2.24, 2.45) is 23.2 Å². The molecule has 1 fully saturated rings. The zero-order valence-electron chi connectivity index (χ0n) is 23.4. The topological polar surface area (TPSA) is 66.5 Å². The molecular weight excluding hydrogens is 411 g/mol. The van der Waals surface area contributed by atoms with Crippen molar-refractivity contribution in [2.75, 3.05) is 6.54 Å². The molecule has 0 saturated carbocycles. The van der Waals surface area contributed by atoms with Crippen molar-refractivity contribution in [1.82, 2.24) is 10.1 Å². The summed E-state index contributed by atoms with van der Waals surface area (Å²) in [6, 6.07) is 0. The van der Waals surface area contributed by atoms with E-state index in [1.165, 1.54) is 0 Å². The van der Waals surface area contributed by atoms with Crippen molar-refractivity contribution in [3.8, 4) is 0 Å². The van der Waals surface area contributed by atoms with Crippen molar-refractivity contribution in [2.45, 2.75) is 125 Å². The fourth-order valence-electron chi connectivity index (χ4n) is 6.12. The first-order valence-corrected chi connectivity index (χ1v) is 13.0. The molecule has 1 aliphatic heterocycles. The largest absolute Gasteiger partial charge is 0.341 e. The normalized spacial score (nSPS) is 29.8. The van der Waals surface area contributed by atoms with E-state index >= 15 is 0 Å². The van der Waals surface area contributed by atoms with Crippen molar-refractivity contribution in [3.05, 3.63) is 0 Å². The summed E-state index contributed by atoms with van der Waals surface area (Å²) in [5, 5.41) is 3.28. The van der Waals surface area contributed by atoms with Crippen molar-refractivity contribution in [1.29, 1.82) is 0 Å². The molecule has 0 radical (unpaired) electrons. The summed E-state index contributed by atoms with van der Waals surface area (Å²) in [7, 11) is 0.173. The first kappa shape index (κ1) is 30.0. The monoisotopic (exact) mass is 462 g/mol. The first-order chi connectivity index (χ1) is 15.0. The number of hydrogen-bond acceptors (Lipinski definition) is 5. The van der Waals surface area contributed by atoms with Crippen LogP contribution in [0, 0.1) is 23.2 Å². The molecule has 1 heterocycles. The minimum atomic E-state index is -0.687. The van der Waals surface area contributed by atoms with Gasteiger partial charge in [0.1, 0.15) is 17.8 Å². The average molecular weight is 463 g/mol. The van der Waals surface area contributed by atoms with Gasteiger partial charge < -0.3 is 14.8 Å². The molecular formula is C27H51BN2O3. The molecule has 1 rings (SSSR count). The molecule has 1 N–H and O–H groups in total. The molecule has 6 heteroatoms. The van der Waals surface area contributed by atoms with Crippen LogP contribution < -0.4 is 5.23 Å². The summed E-state index contributed by atoms with van der Waals surface area (Å²) in [5.41, 5.74) is -1.65. The number of hydrogen-bond donors (Lipinski definition) is 1. The molecule has 0 spiro atoms. The number of aldehydes is 1. The van der Waals surface area contributed by atoms with Gasteiger partial charge in [0, 0.05) is 18.0 Å². The molecule has 33 heavy (non-hydrogen) atoms. The number of carbonyl (C=O) groups is 3. The Morgan fingerprint density at radius 3 is 2.09 bits per heavy atom. The number of nitrogens with zero attached hydrogens (tertiary/aromatic N) is 1. The third kappa shape index (κ3) is 7.00. The van der Waals surface area contributed by atoms with Crippen LogP contribution in [0.3, 0.4) is 0 Å². The minimum Gasteiger partial charge on any atom is -0.341 e. The van der Waals surface area contributed by atoms with Gasteiger partial charge in [-0.05, 0) is 84.0 Å². The highest BCUT2D eigenvalue weighted by Gasteiger charge is 2.48. The Balaban J connectivity index is 3.39. The SMILES string of the molecule is CCC(C)(NBC(=O)C(C)(CC)N1CC(C)CC(C)CC(C=O)C(C)(C)CC1(C)C)C(C)=O. The molecule has 5 nitrogen and oxygen atoms in total. The van der Waals surface area contributed by atoms with E-state index in [-0.39, 0.29) is 35.8 Å². The fourth-order valence-corrected chi connectivity index (χ4v) is 6.12. The molecule has 5 atom stereocenters. The van der Waals surface area contributed by atoms with Crippen molar-refractivity contribution in [3.63, 3.8) is 0 Å². The van der Waals surface area contributed by atoms with Crippen molar-refractivity contribution < 1.29 is 14.4 Å². The number of Topliss-reactive ketones (excluding diaryl/α,β-unsaturated/α-hetero) is 1. The zero-order chi connectivity index (χ0) is 25.8. The minimum absolute atomic E-state index is 0.00463. The third-order valence-corrected chi connectivity index (χ3v) is 8.75. The summed E-state index contributed by atoms with van der Waals surface area (Å²) in [6.45, 7) is 23.8. The number of rotatable bonds is 9. The lowest BCUT2D eigenvalue weighted by Gasteiger charge is -2.54. The second kappa shape index (κ2) is 11.2. The molecule has 190 valence electrons. The van der Waals surface area contributed by atoms with Crippen LogP contribution in [0.1, 0.15) is 108 Å². The molecule has 0 aliphatic carbocycles. The Morgan fingerprint density at radius 1 is 1.06 bits per heavy atom. The van der Waals surface area contributed by atoms with Gasteiger partial charge in [-0.3, -0.25) is 9.69 Å². The molecule has 1 aliphatic rings. The molecule has 0 bridgehead atoms. The van der Waals surface area contributed by atoms with Crippen LogP contribution in [0.15, 0.2) is 0 Å². The maximum absolute atomic E-state index is 13.8. The lowest BCUT2D eigenvalue weighted by atomic mass is 9.64. The van der Waals surface area contributed by atoms with Gasteiger partial charge in [0.05, 0.1) is 11.1 Å².